The van der Waals surface area contributed by atoms with Crippen LogP contribution in [-0.2, 0) is 18.4 Å². The molecule has 18 heavy (non-hydrogen) atoms. The van der Waals surface area contributed by atoms with Gasteiger partial charge in [-0.15, -0.1) is 0 Å². The molecule has 2 heterocycles. The molecule has 98 valence electrons. The van der Waals surface area contributed by atoms with Crippen molar-refractivity contribution in [3.63, 3.8) is 0 Å². The number of hydrogen-bond acceptors (Lipinski definition) is 2. The van der Waals surface area contributed by atoms with Gasteiger partial charge in [-0.2, -0.15) is 0 Å². The highest BCUT2D eigenvalue weighted by molar-refractivity contribution is 5.40. The van der Waals surface area contributed by atoms with Gasteiger partial charge in [0.1, 0.15) is 0 Å². The predicted octanol–water partition coefficient (Wildman–Crippen LogP) is 3.24. The lowest BCUT2D eigenvalue weighted by atomic mass is 9.78. The summed E-state index contributed by atoms with van der Waals surface area (Å²) in [5.41, 5.74) is 5.98. The Morgan fingerprint density at radius 3 is 2.83 bits per heavy atom. The molecule has 0 radical (unpaired) electrons. The molecule has 1 atom stereocenters. The summed E-state index contributed by atoms with van der Waals surface area (Å²) in [6.45, 7) is 9.04. The first kappa shape index (κ1) is 12.2. The van der Waals surface area contributed by atoms with Crippen molar-refractivity contribution in [2.45, 2.75) is 57.9 Å². The lowest BCUT2D eigenvalue weighted by Gasteiger charge is -2.37. The van der Waals surface area contributed by atoms with E-state index < -0.39 is 0 Å². The molecule has 1 aliphatic carbocycles. The topological polar surface area (TPSA) is 16.1 Å². The number of aromatic nitrogens is 1. The molecular weight excluding hydrogens is 220 g/mol. The summed E-state index contributed by atoms with van der Waals surface area (Å²) < 4.78 is 0. The molecule has 0 aromatic carbocycles. The Bertz CT molecular complexity index is 471. The Kier molecular flexibility index (Phi) is 2.74. The predicted molar refractivity (Wildman–Crippen MR) is 75.0 cm³/mol. The Morgan fingerprint density at radius 2 is 2.11 bits per heavy atom. The Labute approximate surface area is 110 Å². The molecule has 3 rings (SSSR count). The summed E-state index contributed by atoms with van der Waals surface area (Å²) >= 11 is 0. The van der Waals surface area contributed by atoms with E-state index >= 15 is 0 Å². The van der Waals surface area contributed by atoms with Crippen LogP contribution in [0.1, 0.15) is 62.0 Å². The number of nitrogens with zero attached hydrogens (tertiary/aromatic N) is 2. The highest BCUT2D eigenvalue weighted by Gasteiger charge is 2.31. The maximum Gasteiger partial charge on any atom is 0.0585 e. The Morgan fingerprint density at radius 1 is 1.33 bits per heavy atom. The number of rotatable bonds is 0. The van der Waals surface area contributed by atoms with Crippen LogP contribution in [0.4, 0.5) is 0 Å². The van der Waals surface area contributed by atoms with Gasteiger partial charge in [0.15, 0.2) is 0 Å². The van der Waals surface area contributed by atoms with Gasteiger partial charge in [-0.1, -0.05) is 20.8 Å². The summed E-state index contributed by atoms with van der Waals surface area (Å²) in [4.78, 5) is 7.42. The highest BCUT2D eigenvalue weighted by Crippen LogP contribution is 2.39. The number of hydrogen-bond donors (Lipinski definition) is 0. The third-order valence-electron chi connectivity index (χ3n) is 4.35. The molecule has 0 saturated carbocycles. The van der Waals surface area contributed by atoms with Crippen LogP contribution in [0, 0.1) is 0 Å². The third kappa shape index (κ3) is 1.97. The lowest BCUT2D eigenvalue weighted by Crippen LogP contribution is -2.34. The van der Waals surface area contributed by atoms with E-state index in [1.54, 1.807) is 11.1 Å². The van der Waals surface area contributed by atoms with Gasteiger partial charge < -0.3 is 0 Å². The van der Waals surface area contributed by atoms with Crippen LogP contribution in [-0.4, -0.2) is 23.5 Å². The van der Waals surface area contributed by atoms with Gasteiger partial charge in [-0.05, 0) is 49.4 Å². The maximum atomic E-state index is 4.99. The summed E-state index contributed by atoms with van der Waals surface area (Å²) in [6, 6.07) is 2.39. The summed E-state index contributed by atoms with van der Waals surface area (Å²) in [6.07, 6.45) is 3.95. The van der Waals surface area contributed by atoms with Crippen LogP contribution in [0.2, 0.25) is 0 Å². The van der Waals surface area contributed by atoms with E-state index in [-0.39, 0.29) is 5.41 Å². The van der Waals surface area contributed by atoms with Crippen molar-refractivity contribution in [1.29, 1.82) is 0 Å². The number of aryl methyl sites for hydroxylation is 1. The van der Waals surface area contributed by atoms with E-state index in [2.05, 4.69) is 38.8 Å². The molecule has 0 spiro atoms. The van der Waals surface area contributed by atoms with E-state index in [4.69, 9.17) is 4.98 Å². The molecule has 0 amide bonds. The lowest BCUT2D eigenvalue weighted by molar-refractivity contribution is 0.260. The quantitative estimate of drug-likeness (QED) is 0.696. The first-order valence-electron chi connectivity index (χ1n) is 7.17. The zero-order chi connectivity index (χ0) is 12.9. The molecular formula is C16H24N2. The van der Waals surface area contributed by atoms with E-state index in [9.17, 15) is 0 Å². The zero-order valence-electron chi connectivity index (χ0n) is 12.1. The largest absolute Gasteiger partial charge is 0.300 e. The molecule has 2 nitrogen and oxygen atoms in total. The molecule has 0 saturated heterocycles. The first-order valence-corrected chi connectivity index (χ1v) is 7.17. The molecule has 0 N–H and O–H groups in total. The van der Waals surface area contributed by atoms with Gasteiger partial charge in [0.25, 0.3) is 0 Å². The fraction of sp³-hybridized carbons (Fsp3) is 0.688. The minimum absolute atomic E-state index is 0.161. The van der Waals surface area contributed by atoms with Crippen LogP contribution < -0.4 is 0 Å². The van der Waals surface area contributed by atoms with Crippen LogP contribution in [0.15, 0.2) is 6.07 Å². The van der Waals surface area contributed by atoms with E-state index in [0.717, 1.165) is 12.5 Å². The van der Waals surface area contributed by atoms with Crippen molar-refractivity contribution in [3.8, 4) is 0 Å². The first-order chi connectivity index (χ1) is 8.45. The van der Waals surface area contributed by atoms with E-state index in [0.29, 0.717) is 0 Å². The minimum Gasteiger partial charge on any atom is -0.300 e. The molecule has 2 heteroatoms. The van der Waals surface area contributed by atoms with Crippen molar-refractivity contribution in [2.75, 3.05) is 13.6 Å². The van der Waals surface area contributed by atoms with Crippen LogP contribution >= 0.6 is 0 Å². The van der Waals surface area contributed by atoms with Crippen LogP contribution in [0.25, 0.3) is 0 Å². The van der Waals surface area contributed by atoms with Gasteiger partial charge in [-0.3, -0.25) is 9.88 Å². The summed E-state index contributed by atoms with van der Waals surface area (Å²) in [7, 11) is 2.22. The Hall–Kier alpha value is -0.890. The van der Waals surface area contributed by atoms with Crippen molar-refractivity contribution >= 4 is 0 Å². The SMILES string of the molecule is CN1Cc2nc(C(C)(C)C)cc3c2C(CCC3)C1. The minimum atomic E-state index is 0.161. The smallest absolute Gasteiger partial charge is 0.0585 e. The second kappa shape index (κ2) is 4.06. The van der Waals surface area contributed by atoms with Gasteiger partial charge >= 0.3 is 0 Å². The summed E-state index contributed by atoms with van der Waals surface area (Å²) in [5, 5.41) is 0. The van der Waals surface area contributed by atoms with Gasteiger partial charge in [0.05, 0.1) is 5.69 Å². The standard InChI is InChI=1S/C16H24N2/c1-16(2,3)14-8-11-6-5-7-12-9-18(4)10-13(17-14)15(11)12/h8,12H,5-7,9-10H2,1-4H3. The molecule has 1 aliphatic heterocycles. The number of likely N-dealkylation sites (N-methyl/N-ethyl adjacent to an activating group) is 1. The molecule has 2 aliphatic rings. The third-order valence-corrected chi connectivity index (χ3v) is 4.35. The van der Waals surface area contributed by atoms with Crippen LogP contribution in [0.3, 0.4) is 0 Å². The molecule has 1 aromatic rings. The number of pyridine rings is 1. The molecule has 1 unspecified atom stereocenters. The van der Waals surface area contributed by atoms with Crippen LogP contribution in [0.5, 0.6) is 0 Å². The molecule has 0 bridgehead atoms. The fourth-order valence-electron chi connectivity index (χ4n) is 3.44. The second-order valence-electron chi connectivity index (χ2n) is 7.06. The normalized spacial score (nSPS) is 23.9. The van der Waals surface area contributed by atoms with E-state index in [1.807, 2.05) is 0 Å². The van der Waals surface area contributed by atoms with Crippen molar-refractivity contribution in [3.05, 3.63) is 28.6 Å². The fourth-order valence-corrected chi connectivity index (χ4v) is 3.44. The van der Waals surface area contributed by atoms with Crippen molar-refractivity contribution in [2.24, 2.45) is 0 Å². The average molecular weight is 244 g/mol. The molecule has 1 aromatic heterocycles. The molecule has 0 fully saturated rings. The van der Waals surface area contributed by atoms with E-state index in [1.165, 1.54) is 37.2 Å². The summed E-state index contributed by atoms with van der Waals surface area (Å²) in [5.74, 6) is 0.740. The van der Waals surface area contributed by atoms with Gasteiger partial charge in [0.2, 0.25) is 0 Å². The van der Waals surface area contributed by atoms with Crippen molar-refractivity contribution < 1.29 is 0 Å². The van der Waals surface area contributed by atoms with Gasteiger partial charge in [0, 0.05) is 24.2 Å². The second-order valence-corrected chi connectivity index (χ2v) is 7.06. The van der Waals surface area contributed by atoms with Crippen molar-refractivity contribution in [1.82, 2.24) is 9.88 Å². The maximum absolute atomic E-state index is 4.99. The Balaban J connectivity index is 2.14. The van der Waals surface area contributed by atoms with Gasteiger partial charge in [-0.25, -0.2) is 0 Å². The monoisotopic (exact) mass is 244 g/mol. The highest BCUT2D eigenvalue weighted by atomic mass is 15.1. The average Bonchev–Trinajstić information content (AvgIpc) is 2.27. The zero-order valence-corrected chi connectivity index (χ0v) is 12.1.